The van der Waals surface area contributed by atoms with E-state index in [0.717, 1.165) is 47.0 Å². The molecule has 0 bridgehead atoms. The van der Waals surface area contributed by atoms with E-state index in [2.05, 4.69) is 26.3 Å². The van der Waals surface area contributed by atoms with Gasteiger partial charge in [0.05, 0.1) is 16.4 Å². The highest BCUT2D eigenvalue weighted by Gasteiger charge is 2.23. The summed E-state index contributed by atoms with van der Waals surface area (Å²) in [6, 6.07) is 13.1. The van der Waals surface area contributed by atoms with Gasteiger partial charge in [-0.05, 0) is 62.9 Å². The van der Waals surface area contributed by atoms with Gasteiger partial charge in [-0.1, -0.05) is 57.7 Å². The van der Waals surface area contributed by atoms with Crippen molar-refractivity contribution in [2.24, 2.45) is 0 Å². The molecule has 0 aliphatic heterocycles. The van der Waals surface area contributed by atoms with Gasteiger partial charge in [-0.15, -0.1) is 5.10 Å². The molecule has 3 aromatic rings. The smallest absolute Gasteiger partial charge is 0.413 e. The number of hydrogen-bond donors (Lipinski definition) is 1. The van der Waals surface area contributed by atoms with Crippen LogP contribution in [0.4, 0.5) is 10.6 Å². The fraction of sp³-hybridized carbons (Fsp3) is 0.304. The van der Waals surface area contributed by atoms with E-state index in [0.29, 0.717) is 21.6 Å². The van der Waals surface area contributed by atoms with Crippen molar-refractivity contribution in [1.82, 2.24) is 9.78 Å². The Morgan fingerprint density at radius 2 is 1.84 bits per heavy atom. The molecule has 0 radical (unpaired) electrons. The zero-order chi connectivity index (χ0) is 22.0. The van der Waals surface area contributed by atoms with E-state index in [1.807, 2.05) is 37.3 Å². The molecule has 8 heteroatoms. The Balaban J connectivity index is 1.71. The average molecular weight is 523 g/mol. The number of carbonyl (C=O) groups excluding carboxylic acids is 1. The minimum absolute atomic E-state index is 0.0344. The van der Waals surface area contributed by atoms with E-state index >= 15 is 0 Å². The number of rotatable bonds is 4. The van der Waals surface area contributed by atoms with Crippen LogP contribution >= 0.6 is 39.1 Å². The third kappa shape index (κ3) is 5.08. The number of hydrogen-bond acceptors (Lipinski definition) is 3. The molecular weight excluding hydrogens is 501 g/mol. The van der Waals surface area contributed by atoms with Crippen molar-refractivity contribution < 1.29 is 9.53 Å². The Morgan fingerprint density at radius 3 is 2.52 bits per heavy atom. The summed E-state index contributed by atoms with van der Waals surface area (Å²) in [4.78, 5) is 12.6. The highest BCUT2D eigenvalue weighted by molar-refractivity contribution is 9.10. The standard InChI is InChI=1S/C23H22BrCl2N3O2/c1-14-21(15-7-9-16(24)10-8-15)29(20-12-11-17(25)13-19(20)26)28-22(14)27-23(30)31-18-5-3-2-4-6-18/h7-13,18H,2-6H2,1H3,(H,27,28,30). The van der Waals surface area contributed by atoms with Crippen molar-refractivity contribution >= 4 is 51.0 Å². The van der Waals surface area contributed by atoms with Crippen LogP contribution in [0.25, 0.3) is 16.9 Å². The molecule has 0 spiro atoms. The van der Waals surface area contributed by atoms with Crippen molar-refractivity contribution in [3.63, 3.8) is 0 Å². The maximum absolute atomic E-state index is 12.6. The van der Waals surface area contributed by atoms with E-state index in [-0.39, 0.29) is 6.10 Å². The first kappa shape index (κ1) is 22.2. The topological polar surface area (TPSA) is 56.1 Å². The SMILES string of the molecule is Cc1c(NC(=O)OC2CCCCC2)nn(-c2ccc(Cl)cc2Cl)c1-c1ccc(Br)cc1. The second-order valence-corrected chi connectivity index (χ2v) is 9.39. The van der Waals surface area contributed by atoms with Crippen LogP contribution < -0.4 is 5.32 Å². The van der Waals surface area contributed by atoms with Crippen molar-refractivity contribution in [3.05, 3.63) is 62.5 Å². The van der Waals surface area contributed by atoms with Gasteiger partial charge in [-0.2, -0.15) is 0 Å². The molecular formula is C23H22BrCl2N3O2. The lowest BCUT2D eigenvalue weighted by Gasteiger charge is -2.21. The number of anilines is 1. The number of carbonyl (C=O) groups is 1. The monoisotopic (exact) mass is 521 g/mol. The van der Waals surface area contributed by atoms with Crippen molar-refractivity contribution in [3.8, 4) is 16.9 Å². The van der Waals surface area contributed by atoms with Gasteiger partial charge in [0.25, 0.3) is 0 Å². The van der Waals surface area contributed by atoms with Crippen LogP contribution in [0, 0.1) is 6.92 Å². The van der Waals surface area contributed by atoms with Gasteiger partial charge in [-0.3, -0.25) is 5.32 Å². The first-order valence-electron chi connectivity index (χ1n) is 10.2. The van der Waals surface area contributed by atoms with Crippen LogP contribution in [-0.4, -0.2) is 22.0 Å². The zero-order valence-corrected chi connectivity index (χ0v) is 20.1. The first-order valence-corrected chi connectivity index (χ1v) is 11.8. The van der Waals surface area contributed by atoms with Crippen LogP contribution in [0.15, 0.2) is 46.9 Å². The highest BCUT2D eigenvalue weighted by Crippen LogP contribution is 2.35. The van der Waals surface area contributed by atoms with E-state index in [9.17, 15) is 4.79 Å². The van der Waals surface area contributed by atoms with Gasteiger partial charge >= 0.3 is 6.09 Å². The molecule has 1 aliphatic carbocycles. The minimum Gasteiger partial charge on any atom is -0.446 e. The molecule has 162 valence electrons. The Hall–Kier alpha value is -2.02. The summed E-state index contributed by atoms with van der Waals surface area (Å²) in [5.41, 5.74) is 3.24. The Kier molecular flexibility index (Phi) is 6.89. The predicted molar refractivity (Wildman–Crippen MR) is 128 cm³/mol. The van der Waals surface area contributed by atoms with Crippen molar-refractivity contribution in [1.29, 1.82) is 0 Å². The summed E-state index contributed by atoms with van der Waals surface area (Å²) in [7, 11) is 0. The minimum atomic E-state index is -0.482. The number of nitrogens with one attached hydrogen (secondary N) is 1. The van der Waals surface area contributed by atoms with Crippen LogP contribution in [-0.2, 0) is 4.74 Å². The molecule has 1 aromatic heterocycles. The third-order valence-electron chi connectivity index (χ3n) is 5.42. The Labute approximate surface area is 199 Å². The largest absolute Gasteiger partial charge is 0.446 e. The predicted octanol–water partition coefficient (Wildman–Crippen LogP) is 7.80. The van der Waals surface area contributed by atoms with Crippen LogP contribution in [0.5, 0.6) is 0 Å². The highest BCUT2D eigenvalue weighted by atomic mass is 79.9. The van der Waals surface area contributed by atoms with Crippen LogP contribution in [0.2, 0.25) is 10.0 Å². The zero-order valence-electron chi connectivity index (χ0n) is 17.0. The van der Waals surface area contributed by atoms with Gasteiger partial charge in [0, 0.05) is 20.6 Å². The summed E-state index contributed by atoms with van der Waals surface area (Å²) >= 11 is 16.0. The second kappa shape index (κ2) is 9.63. The Morgan fingerprint density at radius 1 is 1.13 bits per heavy atom. The number of aromatic nitrogens is 2. The molecule has 1 amide bonds. The van der Waals surface area contributed by atoms with E-state index in [1.54, 1.807) is 16.8 Å². The van der Waals surface area contributed by atoms with Crippen molar-refractivity contribution in [2.75, 3.05) is 5.32 Å². The van der Waals surface area contributed by atoms with E-state index in [1.165, 1.54) is 6.42 Å². The molecule has 1 saturated carbocycles. The summed E-state index contributed by atoms with van der Waals surface area (Å²) in [6.45, 7) is 1.92. The number of halogens is 3. The van der Waals surface area contributed by atoms with Gasteiger partial charge in [0.1, 0.15) is 6.10 Å². The molecule has 4 rings (SSSR count). The summed E-state index contributed by atoms with van der Waals surface area (Å²) in [5.74, 6) is 0.435. The molecule has 5 nitrogen and oxygen atoms in total. The molecule has 31 heavy (non-hydrogen) atoms. The van der Waals surface area contributed by atoms with E-state index < -0.39 is 6.09 Å². The number of benzene rings is 2. The summed E-state index contributed by atoms with van der Waals surface area (Å²) < 4.78 is 8.32. The number of ether oxygens (including phenoxy) is 1. The van der Waals surface area contributed by atoms with Gasteiger partial charge in [0.15, 0.2) is 5.82 Å². The molecule has 1 aliphatic rings. The molecule has 0 atom stereocenters. The summed E-state index contributed by atoms with van der Waals surface area (Å²) in [6.07, 6.45) is 4.68. The van der Waals surface area contributed by atoms with Crippen LogP contribution in [0.1, 0.15) is 37.7 Å². The summed E-state index contributed by atoms with van der Waals surface area (Å²) in [5, 5.41) is 8.50. The molecule has 2 aromatic carbocycles. The van der Waals surface area contributed by atoms with Gasteiger partial charge in [-0.25, -0.2) is 9.48 Å². The molecule has 1 fully saturated rings. The molecule has 0 saturated heterocycles. The van der Waals surface area contributed by atoms with Gasteiger partial charge in [0.2, 0.25) is 0 Å². The fourth-order valence-electron chi connectivity index (χ4n) is 3.85. The molecule has 1 N–H and O–H groups in total. The normalized spacial score (nSPS) is 14.5. The quantitative estimate of drug-likeness (QED) is 0.380. The number of amides is 1. The lowest BCUT2D eigenvalue weighted by molar-refractivity contribution is 0.0864. The second-order valence-electron chi connectivity index (χ2n) is 7.63. The third-order valence-corrected chi connectivity index (χ3v) is 6.49. The first-order chi connectivity index (χ1) is 14.9. The van der Waals surface area contributed by atoms with E-state index in [4.69, 9.17) is 27.9 Å². The number of nitrogens with zero attached hydrogens (tertiary/aromatic N) is 2. The van der Waals surface area contributed by atoms with Crippen LogP contribution in [0.3, 0.4) is 0 Å². The average Bonchev–Trinajstić information content (AvgIpc) is 3.05. The lowest BCUT2D eigenvalue weighted by Crippen LogP contribution is -2.24. The fourth-order valence-corrected chi connectivity index (χ4v) is 4.60. The van der Waals surface area contributed by atoms with Gasteiger partial charge < -0.3 is 4.74 Å². The molecule has 0 unspecified atom stereocenters. The molecule has 1 heterocycles. The lowest BCUT2D eigenvalue weighted by atomic mass is 9.98. The Bertz CT molecular complexity index is 1090. The maximum Gasteiger partial charge on any atom is 0.413 e. The van der Waals surface area contributed by atoms with Crippen molar-refractivity contribution in [2.45, 2.75) is 45.1 Å². The maximum atomic E-state index is 12.6.